The van der Waals surface area contributed by atoms with Gasteiger partial charge in [-0.3, -0.25) is 4.79 Å². The highest BCUT2D eigenvalue weighted by Gasteiger charge is 2.46. The number of carbonyl (C=O) groups excluding carboxylic acids is 1. The number of aromatic nitrogens is 5. The maximum absolute atomic E-state index is 15.3. The Morgan fingerprint density at radius 3 is 2.68 bits per heavy atom. The van der Waals surface area contributed by atoms with Gasteiger partial charge in [0.25, 0.3) is 5.91 Å². The van der Waals surface area contributed by atoms with Gasteiger partial charge in [0.1, 0.15) is 17.3 Å². The van der Waals surface area contributed by atoms with Crippen molar-refractivity contribution in [3.8, 4) is 17.0 Å². The summed E-state index contributed by atoms with van der Waals surface area (Å²) in [5.74, 6) is -2.34. The summed E-state index contributed by atoms with van der Waals surface area (Å²) >= 11 is 0. The predicted molar refractivity (Wildman–Crippen MR) is 126 cm³/mol. The van der Waals surface area contributed by atoms with E-state index in [0.717, 1.165) is 10.7 Å². The van der Waals surface area contributed by atoms with Crippen LogP contribution in [-0.2, 0) is 5.54 Å². The molecule has 3 aromatic heterocycles. The molecular formula is C25H22F3N7O2. The molecule has 2 N–H and O–H groups in total. The number of nitrogens with two attached hydrogens (primary N) is 1. The Morgan fingerprint density at radius 1 is 1.24 bits per heavy atom. The van der Waals surface area contributed by atoms with Crippen molar-refractivity contribution in [2.45, 2.75) is 44.4 Å². The van der Waals surface area contributed by atoms with E-state index >= 15 is 4.39 Å². The Kier molecular flexibility index (Phi) is 4.32. The Balaban J connectivity index is 1.59. The van der Waals surface area contributed by atoms with Gasteiger partial charge in [-0.05, 0) is 32.4 Å². The summed E-state index contributed by atoms with van der Waals surface area (Å²) in [5, 5.41) is 4.41. The average Bonchev–Trinajstić information content (AvgIpc) is 3.34. The molecule has 4 aromatic rings. The molecule has 37 heavy (non-hydrogen) atoms. The number of rotatable bonds is 4. The molecule has 0 spiro atoms. The van der Waals surface area contributed by atoms with Crippen LogP contribution < -0.4 is 10.5 Å². The van der Waals surface area contributed by atoms with E-state index in [1.54, 1.807) is 13.8 Å². The molecule has 4 heterocycles. The van der Waals surface area contributed by atoms with Gasteiger partial charge in [-0.25, -0.2) is 23.9 Å². The van der Waals surface area contributed by atoms with Gasteiger partial charge in [-0.2, -0.15) is 13.9 Å². The van der Waals surface area contributed by atoms with Gasteiger partial charge in [0.15, 0.2) is 11.5 Å². The molecule has 190 valence electrons. The zero-order valence-electron chi connectivity index (χ0n) is 22.6. The number of carbonyl (C=O) groups is 1. The fourth-order valence-corrected chi connectivity index (χ4v) is 5.05. The van der Waals surface area contributed by atoms with Crippen LogP contribution in [0.15, 0.2) is 36.8 Å². The van der Waals surface area contributed by atoms with Crippen LogP contribution in [-0.4, -0.2) is 49.0 Å². The summed E-state index contributed by atoms with van der Waals surface area (Å²) in [6.07, 6.45) is 3.88. The number of hydrogen-bond donors (Lipinski definition) is 1. The summed E-state index contributed by atoms with van der Waals surface area (Å²) < 4.78 is 72.2. The third-order valence-corrected chi connectivity index (χ3v) is 6.65. The summed E-state index contributed by atoms with van der Waals surface area (Å²) in [6, 6.07) is 2.96. The molecular weight excluding hydrogens is 487 g/mol. The molecule has 0 saturated heterocycles. The number of halogens is 3. The molecule has 12 heteroatoms. The molecule has 9 nitrogen and oxygen atoms in total. The summed E-state index contributed by atoms with van der Waals surface area (Å²) in [7, 11) is 0. The molecule has 1 aliphatic carbocycles. The first kappa shape index (κ1) is 20.0. The fraction of sp³-hybridized carbons (Fsp3) is 0.320. The standard InChI is InChI=1S/C25H22F3N7O2/c1-25(2,29)23-30-8-11(9-31-23)19-14(26)10-35-21(32-19)18-13-7-15(20(18)33-35)34(3)22(36)12-5-4-6-16(17(12)13)37-24(27)28/h4-6,8-10,13,15,24H,7,29H2,1-3H3/t13-,15-/m1/s1/i3D3. The molecule has 0 fully saturated rings. The van der Waals surface area contributed by atoms with Crippen LogP contribution in [0.3, 0.4) is 0 Å². The third kappa shape index (κ3) is 3.54. The summed E-state index contributed by atoms with van der Waals surface area (Å²) in [6.45, 7) is -2.63. The lowest BCUT2D eigenvalue weighted by Crippen LogP contribution is -2.31. The minimum Gasteiger partial charge on any atom is -0.434 e. The van der Waals surface area contributed by atoms with Crippen LogP contribution in [0.5, 0.6) is 5.75 Å². The Bertz CT molecular complexity index is 1670. The largest absolute Gasteiger partial charge is 0.434 e. The van der Waals surface area contributed by atoms with Gasteiger partial charge in [0.2, 0.25) is 0 Å². The Hall–Kier alpha value is -4.06. The molecule has 2 bridgehead atoms. The highest BCUT2D eigenvalue weighted by atomic mass is 19.3. The van der Waals surface area contributed by atoms with Crippen molar-refractivity contribution in [3.63, 3.8) is 0 Å². The van der Waals surface area contributed by atoms with Gasteiger partial charge in [0, 0.05) is 51.7 Å². The lowest BCUT2D eigenvalue weighted by molar-refractivity contribution is -0.0505. The molecule has 2 aliphatic rings. The van der Waals surface area contributed by atoms with Gasteiger partial charge in [-0.15, -0.1) is 0 Å². The maximum atomic E-state index is 15.3. The Labute approximate surface area is 213 Å². The van der Waals surface area contributed by atoms with Crippen LogP contribution in [0.25, 0.3) is 16.9 Å². The minimum absolute atomic E-state index is 0.0344. The van der Waals surface area contributed by atoms with Gasteiger partial charge in [-0.1, -0.05) is 6.07 Å². The van der Waals surface area contributed by atoms with E-state index in [4.69, 9.17) is 14.6 Å². The highest BCUT2D eigenvalue weighted by Crippen LogP contribution is 2.53. The Morgan fingerprint density at radius 2 is 2.00 bits per heavy atom. The summed E-state index contributed by atoms with van der Waals surface area (Å²) in [5.41, 5.74) is 6.13. The maximum Gasteiger partial charge on any atom is 0.387 e. The lowest BCUT2D eigenvalue weighted by atomic mass is 9.89. The first-order valence-corrected chi connectivity index (χ1v) is 11.4. The predicted octanol–water partition coefficient (Wildman–Crippen LogP) is 3.78. The molecule has 1 amide bonds. The van der Waals surface area contributed by atoms with Crippen molar-refractivity contribution in [1.82, 2.24) is 29.5 Å². The first-order valence-electron chi connectivity index (χ1n) is 12.9. The van der Waals surface area contributed by atoms with Gasteiger partial charge >= 0.3 is 6.61 Å². The monoisotopic (exact) mass is 512 g/mol. The first-order chi connectivity index (χ1) is 18.8. The second-order valence-corrected chi connectivity index (χ2v) is 9.60. The number of amides is 1. The van der Waals surface area contributed by atoms with E-state index < -0.39 is 42.8 Å². The van der Waals surface area contributed by atoms with E-state index in [1.807, 2.05) is 0 Å². The van der Waals surface area contributed by atoms with E-state index in [9.17, 15) is 13.6 Å². The van der Waals surface area contributed by atoms with Crippen LogP contribution >= 0.6 is 0 Å². The van der Waals surface area contributed by atoms with Crippen molar-refractivity contribution < 1.29 is 26.8 Å². The second-order valence-electron chi connectivity index (χ2n) is 9.60. The SMILES string of the molecule is [2H]C([2H])([2H])N1C(=O)c2cccc(OC(F)F)c2[C@H]2C[C@@H]1c1nn3cc(F)c(-c4cnc(C(C)(C)N)nc4)nc3c12. The number of alkyl halides is 2. The molecule has 0 radical (unpaired) electrons. The van der Waals surface area contributed by atoms with E-state index in [1.165, 1.54) is 30.6 Å². The molecule has 2 atom stereocenters. The lowest BCUT2D eigenvalue weighted by Gasteiger charge is -2.23. The fourth-order valence-electron chi connectivity index (χ4n) is 5.05. The summed E-state index contributed by atoms with van der Waals surface area (Å²) in [4.78, 5) is 27.2. The topological polar surface area (TPSA) is 112 Å². The van der Waals surface area contributed by atoms with Crippen molar-refractivity contribution in [1.29, 1.82) is 0 Å². The van der Waals surface area contributed by atoms with Gasteiger partial charge in [0.05, 0.1) is 23.5 Å². The molecule has 6 rings (SSSR count). The van der Waals surface area contributed by atoms with E-state index in [2.05, 4.69) is 20.1 Å². The number of hydrogen-bond acceptors (Lipinski definition) is 7. The molecule has 1 aliphatic heterocycles. The van der Waals surface area contributed by atoms with Crippen molar-refractivity contribution in [3.05, 3.63) is 70.8 Å². The third-order valence-electron chi connectivity index (χ3n) is 6.65. The normalized spacial score (nSPS) is 20.4. The molecule has 0 unspecified atom stereocenters. The zero-order chi connectivity index (χ0) is 28.7. The van der Waals surface area contributed by atoms with Gasteiger partial charge < -0.3 is 15.4 Å². The average molecular weight is 513 g/mol. The molecule has 1 aromatic carbocycles. The molecule has 0 saturated carbocycles. The number of ether oxygens (including phenoxy) is 1. The smallest absolute Gasteiger partial charge is 0.387 e. The quantitative estimate of drug-likeness (QED) is 0.443. The number of benzene rings is 1. The van der Waals surface area contributed by atoms with E-state index in [0.29, 0.717) is 16.3 Å². The van der Waals surface area contributed by atoms with Crippen LogP contribution in [0.4, 0.5) is 13.2 Å². The van der Waals surface area contributed by atoms with Crippen LogP contribution in [0.2, 0.25) is 0 Å². The van der Waals surface area contributed by atoms with Crippen molar-refractivity contribution in [2.24, 2.45) is 5.73 Å². The van der Waals surface area contributed by atoms with Crippen molar-refractivity contribution in [2.75, 3.05) is 6.98 Å². The second kappa shape index (κ2) is 7.97. The highest BCUT2D eigenvalue weighted by molar-refractivity contribution is 5.98. The van der Waals surface area contributed by atoms with E-state index in [-0.39, 0.29) is 45.9 Å². The minimum atomic E-state index is -3.19. The zero-order valence-corrected chi connectivity index (χ0v) is 19.6. The van der Waals surface area contributed by atoms with Crippen molar-refractivity contribution >= 4 is 11.6 Å². The van der Waals surface area contributed by atoms with Crippen LogP contribution in [0.1, 0.15) is 69.3 Å². The number of fused-ring (bicyclic) bond motifs is 9. The van der Waals surface area contributed by atoms with Crippen LogP contribution in [0, 0.1) is 5.82 Å². The number of nitrogens with zero attached hydrogens (tertiary/aromatic N) is 6.